The van der Waals surface area contributed by atoms with Crippen molar-refractivity contribution in [3.63, 3.8) is 0 Å². The molecule has 0 aliphatic rings. The largest absolute Gasteiger partial charge is 0.506 e. The predicted molar refractivity (Wildman–Crippen MR) is 75.1 cm³/mol. The molecule has 0 heterocycles. The zero-order valence-electron chi connectivity index (χ0n) is 9.79. The Labute approximate surface area is 114 Å². The van der Waals surface area contributed by atoms with E-state index < -0.39 is 4.92 Å². The molecule has 19 heavy (non-hydrogen) atoms. The molecular formula is C14H10ClNO3. The van der Waals surface area contributed by atoms with Crippen molar-refractivity contribution in [3.05, 3.63) is 68.7 Å². The number of phenolic OH excluding ortho intramolecular Hbond substituents is 1. The van der Waals surface area contributed by atoms with E-state index in [1.165, 1.54) is 18.2 Å². The van der Waals surface area contributed by atoms with Crippen LogP contribution < -0.4 is 0 Å². The second-order valence-corrected chi connectivity index (χ2v) is 4.30. The van der Waals surface area contributed by atoms with Gasteiger partial charge in [0, 0.05) is 12.1 Å². The third-order valence-corrected chi connectivity index (χ3v) is 2.85. The van der Waals surface area contributed by atoms with Crippen molar-refractivity contribution in [2.45, 2.75) is 0 Å². The normalized spacial score (nSPS) is 10.8. The van der Waals surface area contributed by atoms with E-state index in [0.29, 0.717) is 0 Å². The number of non-ortho nitro benzene ring substituents is 1. The molecule has 2 rings (SSSR count). The molecule has 2 aromatic rings. The van der Waals surface area contributed by atoms with Gasteiger partial charge in [-0.1, -0.05) is 29.8 Å². The van der Waals surface area contributed by atoms with Crippen LogP contribution in [-0.4, -0.2) is 10.0 Å². The Morgan fingerprint density at radius 2 is 1.63 bits per heavy atom. The van der Waals surface area contributed by atoms with E-state index in [1.807, 2.05) is 12.2 Å². The number of hydrogen-bond donors (Lipinski definition) is 1. The maximum Gasteiger partial charge on any atom is 0.269 e. The maximum absolute atomic E-state index is 10.5. The van der Waals surface area contributed by atoms with Crippen molar-refractivity contribution >= 4 is 29.4 Å². The maximum atomic E-state index is 10.5. The van der Waals surface area contributed by atoms with Crippen LogP contribution in [-0.2, 0) is 0 Å². The average Bonchev–Trinajstić information content (AvgIpc) is 2.40. The zero-order chi connectivity index (χ0) is 13.8. The van der Waals surface area contributed by atoms with Gasteiger partial charge in [0.2, 0.25) is 0 Å². The number of rotatable bonds is 3. The molecule has 0 aromatic heterocycles. The van der Waals surface area contributed by atoms with Crippen molar-refractivity contribution in [1.29, 1.82) is 0 Å². The lowest BCUT2D eigenvalue weighted by Crippen LogP contribution is -1.86. The van der Waals surface area contributed by atoms with Gasteiger partial charge in [-0.25, -0.2) is 0 Å². The second-order valence-electron chi connectivity index (χ2n) is 3.89. The van der Waals surface area contributed by atoms with Crippen LogP contribution in [0.1, 0.15) is 11.1 Å². The molecule has 0 aliphatic carbocycles. The van der Waals surface area contributed by atoms with E-state index in [0.717, 1.165) is 11.1 Å². The summed E-state index contributed by atoms with van der Waals surface area (Å²) >= 11 is 5.79. The molecule has 1 N–H and O–H groups in total. The first-order valence-electron chi connectivity index (χ1n) is 5.47. The monoisotopic (exact) mass is 275 g/mol. The van der Waals surface area contributed by atoms with Gasteiger partial charge in [0.15, 0.2) is 0 Å². The van der Waals surface area contributed by atoms with Gasteiger partial charge in [-0.3, -0.25) is 10.1 Å². The fourth-order valence-corrected chi connectivity index (χ4v) is 1.72. The molecule has 0 bridgehead atoms. The van der Waals surface area contributed by atoms with Crippen LogP contribution in [0.5, 0.6) is 5.75 Å². The van der Waals surface area contributed by atoms with Crippen LogP contribution in [0.25, 0.3) is 12.2 Å². The lowest BCUT2D eigenvalue weighted by molar-refractivity contribution is -0.384. The number of aromatic hydroxyl groups is 1. The highest BCUT2D eigenvalue weighted by molar-refractivity contribution is 6.32. The molecule has 96 valence electrons. The molecule has 0 fully saturated rings. The molecular weight excluding hydrogens is 266 g/mol. The first kappa shape index (κ1) is 13.1. The van der Waals surface area contributed by atoms with E-state index in [1.54, 1.807) is 24.3 Å². The van der Waals surface area contributed by atoms with Crippen LogP contribution in [0, 0.1) is 10.1 Å². The summed E-state index contributed by atoms with van der Waals surface area (Å²) in [6.45, 7) is 0. The van der Waals surface area contributed by atoms with Crippen LogP contribution in [0.2, 0.25) is 5.02 Å². The smallest absolute Gasteiger partial charge is 0.269 e. The molecule has 0 atom stereocenters. The van der Waals surface area contributed by atoms with E-state index in [2.05, 4.69) is 0 Å². The average molecular weight is 276 g/mol. The summed E-state index contributed by atoms with van der Waals surface area (Å²) in [5.41, 5.74) is 1.74. The first-order chi connectivity index (χ1) is 9.06. The highest BCUT2D eigenvalue weighted by Crippen LogP contribution is 2.24. The van der Waals surface area contributed by atoms with Gasteiger partial charge in [-0.05, 0) is 35.4 Å². The van der Waals surface area contributed by atoms with Crippen LogP contribution in [0.3, 0.4) is 0 Å². The highest BCUT2D eigenvalue weighted by atomic mass is 35.5. The summed E-state index contributed by atoms with van der Waals surface area (Å²) in [5, 5.41) is 20.1. The van der Waals surface area contributed by atoms with Gasteiger partial charge in [0.1, 0.15) is 5.75 Å². The van der Waals surface area contributed by atoms with Crippen LogP contribution in [0.15, 0.2) is 42.5 Å². The van der Waals surface area contributed by atoms with Crippen molar-refractivity contribution in [1.82, 2.24) is 0 Å². The summed E-state index contributed by atoms with van der Waals surface area (Å²) in [6.07, 6.45) is 3.62. The Morgan fingerprint density at radius 3 is 2.21 bits per heavy atom. The minimum absolute atomic E-state index is 0.0363. The van der Waals surface area contributed by atoms with Crippen molar-refractivity contribution in [2.24, 2.45) is 0 Å². The SMILES string of the molecule is O=[N+]([O-])c1ccc(C=Cc2ccc(O)c(Cl)c2)cc1. The van der Waals surface area contributed by atoms with E-state index >= 15 is 0 Å². The Kier molecular flexibility index (Phi) is 3.82. The number of nitro benzene ring substituents is 1. The zero-order valence-corrected chi connectivity index (χ0v) is 10.5. The molecule has 4 nitrogen and oxygen atoms in total. The number of hydrogen-bond acceptors (Lipinski definition) is 3. The van der Waals surface area contributed by atoms with Gasteiger partial charge < -0.3 is 5.11 Å². The Balaban J connectivity index is 2.17. The van der Waals surface area contributed by atoms with Crippen molar-refractivity contribution < 1.29 is 10.0 Å². The standard InChI is InChI=1S/C14H10ClNO3/c15-13-9-11(5-8-14(13)17)2-1-10-3-6-12(7-4-10)16(18)19/h1-9,17H. The summed E-state index contributed by atoms with van der Waals surface area (Å²) in [5.74, 6) is 0.0363. The van der Waals surface area contributed by atoms with Crippen LogP contribution in [0.4, 0.5) is 5.69 Å². The summed E-state index contributed by atoms with van der Waals surface area (Å²) in [7, 11) is 0. The first-order valence-corrected chi connectivity index (χ1v) is 5.85. The Hall–Kier alpha value is -2.33. The molecule has 0 amide bonds. The van der Waals surface area contributed by atoms with Gasteiger partial charge in [-0.15, -0.1) is 0 Å². The molecule has 0 saturated heterocycles. The molecule has 5 heteroatoms. The molecule has 0 spiro atoms. The predicted octanol–water partition coefficient (Wildman–Crippen LogP) is 4.12. The topological polar surface area (TPSA) is 63.4 Å². The molecule has 0 unspecified atom stereocenters. The summed E-state index contributed by atoms with van der Waals surface area (Å²) in [4.78, 5) is 10.1. The van der Waals surface area contributed by atoms with Gasteiger partial charge in [0.25, 0.3) is 5.69 Å². The van der Waals surface area contributed by atoms with Gasteiger partial charge >= 0.3 is 0 Å². The van der Waals surface area contributed by atoms with E-state index in [9.17, 15) is 15.2 Å². The molecule has 0 saturated carbocycles. The lowest BCUT2D eigenvalue weighted by Gasteiger charge is -1.98. The molecule has 0 radical (unpaired) electrons. The Bertz CT molecular complexity index is 636. The third kappa shape index (κ3) is 3.33. The number of benzene rings is 2. The van der Waals surface area contributed by atoms with Crippen LogP contribution >= 0.6 is 11.6 Å². The molecule has 0 aliphatic heterocycles. The van der Waals surface area contributed by atoms with E-state index in [-0.39, 0.29) is 16.5 Å². The quantitative estimate of drug-likeness (QED) is 0.520. The number of nitrogens with zero attached hydrogens (tertiary/aromatic N) is 1. The van der Waals surface area contributed by atoms with Crippen molar-refractivity contribution in [3.8, 4) is 5.75 Å². The lowest BCUT2D eigenvalue weighted by atomic mass is 10.1. The Morgan fingerprint density at radius 1 is 1.05 bits per heavy atom. The fraction of sp³-hybridized carbons (Fsp3) is 0. The highest BCUT2D eigenvalue weighted by Gasteiger charge is 2.02. The summed E-state index contributed by atoms with van der Waals surface area (Å²) in [6, 6.07) is 11.1. The van der Waals surface area contributed by atoms with Crippen molar-refractivity contribution in [2.75, 3.05) is 0 Å². The molecule has 2 aromatic carbocycles. The van der Waals surface area contributed by atoms with E-state index in [4.69, 9.17) is 11.6 Å². The third-order valence-electron chi connectivity index (χ3n) is 2.54. The number of nitro groups is 1. The fourth-order valence-electron chi connectivity index (χ4n) is 1.53. The minimum Gasteiger partial charge on any atom is -0.506 e. The number of phenols is 1. The minimum atomic E-state index is -0.437. The number of halogens is 1. The summed E-state index contributed by atoms with van der Waals surface area (Å²) < 4.78 is 0. The second kappa shape index (κ2) is 5.54. The van der Waals surface area contributed by atoms with Gasteiger partial charge in [0.05, 0.1) is 9.95 Å². The van der Waals surface area contributed by atoms with Gasteiger partial charge in [-0.2, -0.15) is 0 Å².